The third-order valence-corrected chi connectivity index (χ3v) is 5.12. The number of amides is 1. The van der Waals surface area contributed by atoms with Gasteiger partial charge < -0.3 is 10.0 Å². The van der Waals surface area contributed by atoms with E-state index < -0.39 is 5.97 Å². The Morgan fingerprint density at radius 1 is 1.17 bits per heavy atom. The SMILES string of the molecule is O=C(O)C1CCCN(C2CCCN(c3ccccc3Cl)C2=O)C1. The van der Waals surface area contributed by atoms with Gasteiger partial charge >= 0.3 is 5.97 Å². The van der Waals surface area contributed by atoms with Gasteiger partial charge in [0.2, 0.25) is 5.91 Å². The number of carboxylic acid groups (broad SMARTS) is 1. The molecule has 2 unspecified atom stereocenters. The molecule has 2 fully saturated rings. The van der Waals surface area contributed by atoms with Gasteiger partial charge in [-0.05, 0) is 44.4 Å². The molecule has 0 saturated carbocycles. The molecule has 124 valence electrons. The molecular weight excluding hydrogens is 316 g/mol. The van der Waals surface area contributed by atoms with Crippen molar-refractivity contribution in [3.63, 3.8) is 0 Å². The highest BCUT2D eigenvalue weighted by molar-refractivity contribution is 6.33. The Labute approximate surface area is 140 Å². The fourth-order valence-corrected chi connectivity index (χ4v) is 3.83. The zero-order chi connectivity index (χ0) is 16.4. The average Bonchev–Trinajstić information content (AvgIpc) is 2.56. The normalized spacial score (nSPS) is 26.3. The third kappa shape index (κ3) is 3.35. The monoisotopic (exact) mass is 336 g/mol. The maximum absolute atomic E-state index is 12.9. The van der Waals surface area contributed by atoms with E-state index in [9.17, 15) is 14.7 Å². The molecule has 3 rings (SSSR count). The quantitative estimate of drug-likeness (QED) is 0.921. The number of aliphatic carboxylic acids is 1. The highest BCUT2D eigenvalue weighted by Gasteiger charge is 2.37. The van der Waals surface area contributed by atoms with E-state index in [1.807, 2.05) is 23.1 Å². The maximum Gasteiger partial charge on any atom is 0.307 e. The molecule has 23 heavy (non-hydrogen) atoms. The van der Waals surface area contributed by atoms with E-state index >= 15 is 0 Å². The molecule has 1 N–H and O–H groups in total. The fraction of sp³-hybridized carbons (Fsp3) is 0.529. The van der Waals surface area contributed by atoms with E-state index in [1.54, 1.807) is 11.0 Å². The summed E-state index contributed by atoms with van der Waals surface area (Å²) in [4.78, 5) is 28.0. The summed E-state index contributed by atoms with van der Waals surface area (Å²) >= 11 is 6.24. The van der Waals surface area contributed by atoms with Gasteiger partial charge in [-0.25, -0.2) is 0 Å². The van der Waals surface area contributed by atoms with Gasteiger partial charge in [0.05, 0.1) is 22.7 Å². The molecule has 1 aromatic rings. The van der Waals surface area contributed by atoms with Crippen LogP contribution < -0.4 is 4.90 Å². The van der Waals surface area contributed by atoms with Crippen LogP contribution in [-0.2, 0) is 9.59 Å². The van der Waals surface area contributed by atoms with E-state index in [0.717, 1.165) is 31.5 Å². The average molecular weight is 337 g/mol. The lowest BCUT2D eigenvalue weighted by Gasteiger charge is -2.41. The van der Waals surface area contributed by atoms with E-state index in [-0.39, 0.29) is 17.9 Å². The molecule has 0 spiro atoms. The predicted molar refractivity (Wildman–Crippen MR) is 88.8 cm³/mol. The van der Waals surface area contributed by atoms with Crippen LogP contribution in [0.5, 0.6) is 0 Å². The number of anilines is 1. The van der Waals surface area contributed by atoms with Gasteiger partial charge in [0.15, 0.2) is 0 Å². The standard InChI is InChI=1S/C17H21ClN2O3/c18-13-6-1-2-7-14(13)20-10-4-8-15(16(20)21)19-9-3-5-12(11-19)17(22)23/h1-2,6-7,12,15H,3-5,8-11H2,(H,22,23). The van der Waals surface area contributed by atoms with Crippen molar-refractivity contribution in [2.24, 2.45) is 5.92 Å². The summed E-state index contributed by atoms with van der Waals surface area (Å²) in [5, 5.41) is 9.82. The van der Waals surface area contributed by atoms with Crippen molar-refractivity contribution in [3.8, 4) is 0 Å². The number of piperidine rings is 2. The molecule has 2 aliphatic rings. The van der Waals surface area contributed by atoms with Crippen molar-refractivity contribution in [1.82, 2.24) is 4.90 Å². The molecule has 6 heteroatoms. The van der Waals surface area contributed by atoms with Crippen molar-refractivity contribution < 1.29 is 14.7 Å². The lowest BCUT2D eigenvalue weighted by Crippen LogP contribution is -2.55. The van der Waals surface area contributed by atoms with Gasteiger partial charge in [0.1, 0.15) is 0 Å². The molecule has 0 aromatic heterocycles. The number of carbonyl (C=O) groups excluding carboxylic acids is 1. The number of hydrogen-bond acceptors (Lipinski definition) is 3. The topological polar surface area (TPSA) is 60.9 Å². The summed E-state index contributed by atoms with van der Waals surface area (Å²) in [5.41, 5.74) is 0.746. The molecule has 0 radical (unpaired) electrons. The predicted octanol–water partition coefficient (Wildman–Crippen LogP) is 2.63. The van der Waals surface area contributed by atoms with Crippen LogP contribution in [-0.4, -0.2) is 47.6 Å². The molecule has 1 aromatic carbocycles. The van der Waals surface area contributed by atoms with Crippen LogP contribution >= 0.6 is 11.6 Å². The van der Waals surface area contributed by atoms with Crippen LogP contribution in [0.1, 0.15) is 25.7 Å². The molecule has 0 bridgehead atoms. The van der Waals surface area contributed by atoms with Gasteiger partial charge in [-0.3, -0.25) is 14.5 Å². The van der Waals surface area contributed by atoms with Crippen LogP contribution in [0.15, 0.2) is 24.3 Å². The number of para-hydroxylation sites is 1. The van der Waals surface area contributed by atoms with Crippen LogP contribution in [0, 0.1) is 5.92 Å². The second-order valence-corrected chi connectivity index (χ2v) is 6.68. The lowest BCUT2D eigenvalue weighted by atomic mass is 9.94. The van der Waals surface area contributed by atoms with Crippen LogP contribution in [0.3, 0.4) is 0 Å². The molecule has 2 saturated heterocycles. The first-order valence-electron chi connectivity index (χ1n) is 8.10. The second kappa shape index (κ2) is 6.89. The summed E-state index contributed by atoms with van der Waals surface area (Å²) in [7, 11) is 0. The number of halogens is 1. The van der Waals surface area contributed by atoms with E-state index in [1.165, 1.54) is 0 Å². The van der Waals surface area contributed by atoms with Crippen molar-refractivity contribution in [2.75, 3.05) is 24.5 Å². The second-order valence-electron chi connectivity index (χ2n) is 6.27. The molecule has 2 atom stereocenters. The molecule has 5 nitrogen and oxygen atoms in total. The number of likely N-dealkylation sites (tertiary alicyclic amines) is 1. The van der Waals surface area contributed by atoms with E-state index in [4.69, 9.17) is 11.6 Å². The Kier molecular flexibility index (Phi) is 4.87. The van der Waals surface area contributed by atoms with E-state index in [0.29, 0.717) is 24.5 Å². The van der Waals surface area contributed by atoms with Crippen LogP contribution in [0.2, 0.25) is 5.02 Å². The van der Waals surface area contributed by atoms with Gasteiger partial charge in [0.25, 0.3) is 0 Å². The van der Waals surface area contributed by atoms with E-state index in [2.05, 4.69) is 0 Å². The van der Waals surface area contributed by atoms with Gasteiger partial charge in [-0.15, -0.1) is 0 Å². The molecule has 0 aliphatic carbocycles. The first-order valence-corrected chi connectivity index (χ1v) is 8.48. The zero-order valence-corrected chi connectivity index (χ0v) is 13.7. The summed E-state index contributed by atoms with van der Waals surface area (Å²) in [6.45, 7) is 1.91. The number of rotatable bonds is 3. The van der Waals surface area contributed by atoms with Crippen molar-refractivity contribution >= 4 is 29.2 Å². The number of nitrogens with zero attached hydrogens (tertiary/aromatic N) is 2. The highest BCUT2D eigenvalue weighted by Crippen LogP contribution is 2.31. The fourth-order valence-electron chi connectivity index (χ4n) is 3.60. The molecule has 2 aliphatic heterocycles. The first-order chi connectivity index (χ1) is 11.1. The molecule has 1 amide bonds. The van der Waals surface area contributed by atoms with Gasteiger partial charge in [-0.1, -0.05) is 23.7 Å². The Morgan fingerprint density at radius 3 is 2.65 bits per heavy atom. The smallest absolute Gasteiger partial charge is 0.307 e. The minimum Gasteiger partial charge on any atom is -0.481 e. The molecular formula is C17H21ClN2O3. The Balaban J connectivity index is 1.77. The minimum absolute atomic E-state index is 0.0374. The summed E-state index contributed by atoms with van der Waals surface area (Å²) in [6, 6.07) is 7.13. The number of hydrogen-bond donors (Lipinski definition) is 1. The van der Waals surface area contributed by atoms with Gasteiger partial charge in [0, 0.05) is 13.1 Å². The maximum atomic E-state index is 12.9. The number of carbonyl (C=O) groups is 2. The number of benzene rings is 1. The number of carboxylic acids is 1. The summed E-state index contributed by atoms with van der Waals surface area (Å²) in [5.74, 6) is -1.09. The summed E-state index contributed by atoms with van der Waals surface area (Å²) in [6.07, 6.45) is 3.20. The third-order valence-electron chi connectivity index (χ3n) is 4.80. The van der Waals surface area contributed by atoms with Gasteiger partial charge in [-0.2, -0.15) is 0 Å². The van der Waals surface area contributed by atoms with Crippen molar-refractivity contribution in [3.05, 3.63) is 29.3 Å². The van der Waals surface area contributed by atoms with Crippen LogP contribution in [0.4, 0.5) is 5.69 Å². The first kappa shape index (κ1) is 16.3. The Morgan fingerprint density at radius 2 is 1.91 bits per heavy atom. The van der Waals surface area contributed by atoms with Crippen molar-refractivity contribution in [2.45, 2.75) is 31.7 Å². The minimum atomic E-state index is -0.763. The summed E-state index contributed by atoms with van der Waals surface area (Å²) < 4.78 is 0. The zero-order valence-electron chi connectivity index (χ0n) is 12.9. The highest BCUT2D eigenvalue weighted by atomic mass is 35.5. The Hall–Kier alpha value is -1.59. The lowest BCUT2D eigenvalue weighted by molar-refractivity contribution is -0.145. The van der Waals surface area contributed by atoms with Crippen molar-refractivity contribution in [1.29, 1.82) is 0 Å². The molecule has 2 heterocycles. The largest absolute Gasteiger partial charge is 0.481 e. The van der Waals surface area contributed by atoms with Crippen LogP contribution in [0.25, 0.3) is 0 Å². The Bertz CT molecular complexity index is 607.